The van der Waals surface area contributed by atoms with Crippen molar-refractivity contribution in [2.75, 3.05) is 0 Å². The highest BCUT2D eigenvalue weighted by molar-refractivity contribution is 9.10. The van der Waals surface area contributed by atoms with Gasteiger partial charge in [0.2, 0.25) is 0 Å². The third-order valence-corrected chi connectivity index (χ3v) is 12.1. The molecule has 0 amide bonds. The quantitative estimate of drug-likeness (QED) is 0.0731. The molecule has 8 rings (SSSR count). The number of carbonyl (C=O) groups is 1. The Bertz CT molecular complexity index is 2590. The Balaban J connectivity index is 1.57. The van der Waals surface area contributed by atoms with Gasteiger partial charge in [0.25, 0.3) is 0 Å². The van der Waals surface area contributed by atoms with Crippen molar-refractivity contribution in [1.29, 1.82) is 0 Å². The van der Waals surface area contributed by atoms with E-state index in [1.807, 2.05) is 152 Å². The third-order valence-electron chi connectivity index (χ3n) is 11.4. The standard InChI is InChI=1S/C52H45BrO8/c1-36(54)60-51(32-38-19-9-3-10-20-38)47-46(58-34-40-23-13-5-14-24-40)30-45(57)48(53)49(47)61-50(31-37-17-7-2-8-18-37,42-27-28-43(55)44(56)29-42)52(51,33-39-21-11-4-12-22-39)59-35-41-25-15-6-16-26-41/h2-30,55-57H,31-35H2,1H3/t50?,51-,52?/m0/s1. The number of halogens is 1. The fourth-order valence-corrected chi connectivity index (χ4v) is 9.10. The predicted molar refractivity (Wildman–Crippen MR) is 237 cm³/mol. The molecule has 7 aromatic carbocycles. The van der Waals surface area contributed by atoms with Crippen molar-refractivity contribution in [3.63, 3.8) is 0 Å². The Morgan fingerprint density at radius 2 is 1.07 bits per heavy atom. The van der Waals surface area contributed by atoms with Gasteiger partial charge >= 0.3 is 5.97 Å². The van der Waals surface area contributed by atoms with E-state index in [1.165, 1.54) is 25.1 Å². The molecule has 2 unspecified atom stereocenters. The van der Waals surface area contributed by atoms with Crippen LogP contribution >= 0.6 is 15.9 Å². The van der Waals surface area contributed by atoms with E-state index in [9.17, 15) is 20.1 Å². The molecule has 8 nitrogen and oxygen atoms in total. The van der Waals surface area contributed by atoms with Crippen LogP contribution in [0.1, 0.15) is 45.9 Å². The van der Waals surface area contributed by atoms with Gasteiger partial charge in [-0.1, -0.05) is 158 Å². The first kappa shape index (κ1) is 41.2. The lowest BCUT2D eigenvalue weighted by molar-refractivity contribution is -0.295. The Labute approximate surface area is 363 Å². The number of carbonyl (C=O) groups excluding carboxylic acids is 1. The minimum atomic E-state index is -1.84. The van der Waals surface area contributed by atoms with Gasteiger partial charge in [0.15, 0.2) is 28.3 Å². The van der Waals surface area contributed by atoms with Crippen LogP contribution in [-0.2, 0) is 57.9 Å². The first-order valence-corrected chi connectivity index (χ1v) is 20.9. The monoisotopic (exact) mass is 876 g/mol. The summed E-state index contributed by atoms with van der Waals surface area (Å²) < 4.78 is 29.4. The van der Waals surface area contributed by atoms with Gasteiger partial charge in [0.05, 0.1) is 12.2 Å². The number of benzene rings is 7. The van der Waals surface area contributed by atoms with E-state index in [-0.39, 0.29) is 65.7 Å². The second-order valence-electron chi connectivity index (χ2n) is 15.3. The van der Waals surface area contributed by atoms with Crippen molar-refractivity contribution in [1.82, 2.24) is 0 Å². The minimum Gasteiger partial charge on any atom is -0.506 e. The zero-order valence-corrected chi connectivity index (χ0v) is 35.1. The lowest BCUT2D eigenvalue weighted by atomic mass is 9.57. The van der Waals surface area contributed by atoms with Gasteiger partial charge in [-0.3, -0.25) is 4.79 Å². The topological polar surface area (TPSA) is 115 Å². The molecule has 0 aliphatic carbocycles. The molecular weight excluding hydrogens is 832 g/mol. The third kappa shape index (κ3) is 8.07. The number of hydrogen-bond acceptors (Lipinski definition) is 8. The van der Waals surface area contributed by atoms with Crippen LogP contribution in [0.4, 0.5) is 0 Å². The van der Waals surface area contributed by atoms with Gasteiger partial charge in [-0.15, -0.1) is 0 Å². The lowest BCUT2D eigenvalue weighted by Crippen LogP contribution is -2.73. The number of ether oxygens (including phenoxy) is 4. The number of fused-ring (bicyclic) bond motifs is 1. The van der Waals surface area contributed by atoms with E-state index in [0.29, 0.717) is 11.1 Å². The number of rotatable bonds is 14. The SMILES string of the molecule is CC(=O)O[C@@]1(Cc2ccccc2)c2c(OCc3ccccc3)cc(O)c(Br)c2OC(Cc2ccccc2)(c2ccc(O)c(O)c2)C1(Cc1ccccc1)OCc1ccccc1. The molecule has 0 saturated carbocycles. The molecular formula is C52H45BrO8. The number of hydrogen-bond donors (Lipinski definition) is 3. The number of aromatic hydroxyl groups is 3. The van der Waals surface area contributed by atoms with Crippen molar-refractivity contribution in [3.8, 4) is 28.7 Å². The molecule has 1 aliphatic rings. The smallest absolute Gasteiger partial charge is 0.303 e. The Morgan fingerprint density at radius 1 is 0.574 bits per heavy atom. The van der Waals surface area contributed by atoms with Crippen LogP contribution in [0.2, 0.25) is 0 Å². The molecule has 1 heterocycles. The maximum atomic E-state index is 14.3. The predicted octanol–water partition coefficient (Wildman–Crippen LogP) is 10.9. The number of phenolic OH excluding ortho intramolecular Hbond substituents is 3. The largest absolute Gasteiger partial charge is 0.506 e. The summed E-state index contributed by atoms with van der Waals surface area (Å²) in [6.07, 6.45) is 0.232. The van der Waals surface area contributed by atoms with Crippen molar-refractivity contribution in [2.45, 2.75) is 56.2 Å². The van der Waals surface area contributed by atoms with Crippen molar-refractivity contribution < 1.29 is 39.1 Å². The molecule has 0 aromatic heterocycles. The summed E-state index contributed by atoms with van der Waals surface area (Å²) in [5, 5.41) is 34.0. The van der Waals surface area contributed by atoms with Crippen LogP contribution in [-0.4, -0.2) is 26.9 Å². The lowest BCUT2D eigenvalue weighted by Gasteiger charge is -2.62. The average molecular weight is 878 g/mol. The highest BCUT2D eigenvalue weighted by atomic mass is 79.9. The first-order chi connectivity index (χ1) is 29.6. The normalized spacial score (nSPS) is 19.3. The summed E-state index contributed by atoms with van der Waals surface area (Å²) in [5.74, 6) is -1.15. The van der Waals surface area contributed by atoms with Gasteiger partial charge in [0.1, 0.15) is 28.3 Å². The minimum absolute atomic E-state index is 0.0320. The van der Waals surface area contributed by atoms with Crippen LogP contribution in [0.3, 0.4) is 0 Å². The molecule has 0 bridgehead atoms. The summed E-state index contributed by atoms with van der Waals surface area (Å²) in [7, 11) is 0. The van der Waals surface area contributed by atoms with Gasteiger partial charge in [-0.25, -0.2) is 0 Å². The summed E-state index contributed by atoms with van der Waals surface area (Å²) in [6, 6.07) is 54.7. The molecule has 3 N–H and O–H groups in total. The molecule has 9 heteroatoms. The highest BCUT2D eigenvalue weighted by Gasteiger charge is 2.73. The van der Waals surface area contributed by atoms with Crippen LogP contribution in [0.5, 0.6) is 28.7 Å². The second-order valence-corrected chi connectivity index (χ2v) is 16.1. The van der Waals surface area contributed by atoms with E-state index >= 15 is 0 Å². The molecule has 0 fully saturated rings. The van der Waals surface area contributed by atoms with E-state index in [2.05, 4.69) is 15.9 Å². The van der Waals surface area contributed by atoms with E-state index < -0.39 is 22.8 Å². The van der Waals surface area contributed by atoms with E-state index in [1.54, 1.807) is 6.07 Å². The maximum absolute atomic E-state index is 14.3. The molecule has 61 heavy (non-hydrogen) atoms. The van der Waals surface area contributed by atoms with Gasteiger partial charge < -0.3 is 34.3 Å². The Kier molecular flexibility index (Phi) is 11.9. The summed E-state index contributed by atoms with van der Waals surface area (Å²) in [6.45, 7) is 1.51. The summed E-state index contributed by atoms with van der Waals surface area (Å²) >= 11 is 3.71. The van der Waals surface area contributed by atoms with Crippen LogP contribution < -0.4 is 9.47 Å². The molecule has 3 atom stereocenters. The van der Waals surface area contributed by atoms with Crippen LogP contribution in [0.25, 0.3) is 0 Å². The van der Waals surface area contributed by atoms with Gasteiger partial charge in [-0.05, 0) is 55.9 Å². The van der Waals surface area contributed by atoms with Gasteiger partial charge in [0, 0.05) is 37.8 Å². The van der Waals surface area contributed by atoms with E-state index in [0.717, 1.165) is 27.8 Å². The van der Waals surface area contributed by atoms with Crippen molar-refractivity contribution in [2.24, 2.45) is 0 Å². The molecule has 0 saturated heterocycles. The molecule has 0 radical (unpaired) electrons. The van der Waals surface area contributed by atoms with Gasteiger partial charge in [-0.2, -0.15) is 0 Å². The summed E-state index contributed by atoms with van der Waals surface area (Å²) in [4.78, 5) is 14.3. The van der Waals surface area contributed by atoms with Crippen molar-refractivity contribution >= 4 is 21.9 Å². The Hall–Kier alpha value is -6.55. The van der Waals surface area contributed by atoms with E-state index in [4.69, 9.17) is 18.9 Å². The van der Waals surface area contributed by atoms with Crippen molar-refractivity contribution in [3.05, 3.63) is 219 Å². The highest BCUT2D eigenvalue weighted by Crippen LogP contribution is 2.66. The average Bonchev–Trinajstić information content (AvgIpc) is 3.27. The van der Waals surface area contributed by atoms with Crippen LogP contribution in [0.15, 0.2) is 180 Å². The molecule has 7 aromatic rings. The number of esters is 1. The molecule has 308 valence electrons. The molecule has 0 spiro atoms. The van der Waals surface area contributed by atoms with Crippen LogP contribution in [0, 0.1) is 0 Å². The zero-order valence-electron chi connectivity index (χ0n) is 33.5. The zero-order chi connectivity index (χ0) is 42.5. The maximum Gasteiger partial charge on any atom is 0.303 e. The fraction of sp³-hybridized carbons (Fsp3) is 0.173. The fourth-order valence-electron chi connectivity index (χ4n) is 8.70. The molecule has 1 aliphatic heterocycles. The first-order valence-electron chi connectivity index (χ1n) is 20.1. The summed E-state index contributed by atoms with van der Waals surface area (Å²) in [5.41, 5.74) is -0.431. The Morgan fingerprint density at radius 3 is 1.59 bits per heavy atom. The second kappa shape index (κ2) is 17.6. The number of phenols is 3.